The number of benzene rings is 1. The molecule has 18 heavy (non-hydrogen) atoms. The molecule has 0 amide bonds. The predicted molar refractivity (Wildman–Crippen MR) is 79.1 cm³/mol. The third-order valence-electron chi connectivity index (χ3n) is 2.37. The molecule has 5 heteroatoms. The summed E-state index contributed by atoms with van der Waals surface area (Å²) < 4.78 is 6.70. The van der Waals surface area contributed by atoms with Gasteiger partial charge in [0.1, 0.15) is 10.7 Å². The Morgan fingerprint density at radius 2 is 2.11 bits per heavy atom. The smallest absolute Gasteiger partial charge is 0.219 e. The van der Waals surface area contributed by atoms with Crippen LogP contribution in [0, 0.1) is 6.92 Å². The van der Waals surface area contributed by atoms with Crippen LogP contribution in [0.15, 0.2) is 41.0 Å². The van der Waals surface area contributed by atoms with Gasteiger partial charge in [-0.1, -0.05) is 28.1 Å². The maximum absolute atomic E-state index is 5.66. The summed E-state index contributed by atoms with van der Waals surface area (Å²) in [5.41, 5.74) is 7.40. The van der Waals surface area contributed by atoms with Gasteiger partial charge in [-0.05, 0) is 36.8 Å². The van der Waals surface area contributed by atoms with Gasteiger partial charge in [0.15, 0.2) is 0 Å². The first kappa shape index (κ1) is 13.0. The fourth-order valence-electron chi connectivity index (χ4n) is 1.42. The van der Waals surface area contributed by atoms with Crippen molar-refractivity contribution in [2.75, 3.05) is 0 Å². The number of ether oxygens (including phenoxy) is 1. The van der Waals surface area contributed by atoms with Crippen LogP contribution < -0.4 is 10.5 Å². The van der Waals surface area contributed by atoms with Crippen molar-refractivity contribution in [3.05, 3.63) is 52.1 Å². The molecule has 2 N–H and O–H groups in total. The lowest BCUT2D eigenvalue weighted by Gasteiger charge is -2.07. The van der Waals surface area contributed by atoms with E-state index in [0.29, 0.717) is 10.9 Å². The molecule has 0 fully saturated rings. The van der Waals surface area contributed by atoms with Gasteiger partial charge in [0.25, 0.3) is 0 Å². The zero-order valence-electron chi connectivity index (χ0n) is 9.68. The Bertz CT molecular complexity index is 601. The molecule has 92 valence electrons. The number of nitrogens with zero attached hydrogens (tertiary/aromatic N) is 1. The van der Waals surface area contributed by atoms with Crippen LogP contribution in [0.25, 0.3) is 0 Å². The van der Waals surface area contributed by atoms with E-state index in [0.717, 1.165) is 21.3 Å². The summed E-state index contributed by atoms with van der Waals surface area (Å²) >= 11 is 8.35. The Morgan fingerprint density at radius 3 is 2.78 bits per heavy atom. The highest BCUT2D eigenvalue weighted by atomic mass is 79.9. The molecule has 2 aromatic rings. The van der Waals surface area contributed by atoms with Gasteiger partial charge >= 0.3 is 0 Å². The summed E-state index contributed by atoms with van der Waals surface area (Å²) in [6, 6.07) is 9.20. The van der Waals surface area contributed by atoms with Crippen molar-refractivity contribution < 1.29 is 4.74 Å². The molecule has 0 bridgehead atoms. The van der Waals surface area contributed by atoms with E-state index >= 15 is 0 Å². The van der Waals surface area contributed by atoms with Crippen molar-refractivity contribution in [3.8, 4) is 11.6 Å². The van der Waals surface area contributed by atoms with Crippen molar-refractivity contribution >= 4 is 33.1 Å². The highest BCUT2D eigenvalue weighted by molar-refractivity contribution is 9.10. The van der Waals surface area contributed by atoms with Gasteiger partial charge < -0.3 is 10.5 Å². The summed E-state index contributed by atoms with van der Waals surface area (Å²) in [4.78, 5) is 4.45. The number of aromatic nitrogens is 1. The number of thiocarbonyl (C=S) groups is 1. The molecule has 1 aromatic carbocycles. The van der Waals surface area contributed by atoms with Crippen LogP contribution in [0.4, 0.5) is 0 Å². The summed E-state index contributed by atoms with van der Waals surface area (Å²) in [7, 11) is 0. The molecular formula is C13H11BrN2OS. The Morgan fingerprint density at radius 1 is 1.33 bits per heavy atom. The molecule has 2 rings (SSSR count). The largest absolute Gasteiger partial charge is 0.439 e. The number of rotatable bonds is 3. The van der Waals surface area contributed by atoms with Gasteiger partial charge in [-0.3, -0.25) is 0 Å². The SMILES string of the molecule is Cc1cc(Oc2cc(C(N)=S)ccn2)ccc1Br. The number of pyridine rings is 1. The van der Waals surface area contributed by atoms with Crippen LogP contribution in [0.1, 0.15) is 11.1 Å². The van der Waals surface area contributed by atoms with Crippen LogP contribution in [-0.2, 0) is 0 Å². The maximum atomic E-state index is 5.66. The molecule has 0 unspecified atom stereocenters. The summed E-state index contributed by atoms with van der Waals surface area (Å²) in [5, 5.41) is 0. The standard InChI is InChI=1S/C13H11BrN2OS/c1-8-6-10(2-3-11(8)14)17-12-7-9(13(15)18)4-5-16-12/h2-7H,1H3,(H2,15,18). The van der Waals surface area contributed by atoms with Crippen molar-refractivity contribution in [2.45, 2.75) is 6.92 Å². The third kappa shape index (κ3) is 3.05. The van der Waals surface area contributed by atoms with Gasteiger partial charge in [-0.25, -0.2) is 4.98 Å². The van der Waals surface area contributed by atoms with E-state index in [4.69, 9.17) is 22.7 Å². The first-order valence-corrected chi connectivity index (χ1v) is 6.46. The van der Waals surface area contributed by atoms with E-state index in [2.05, 4.69) is 20.9 Å². The number of halogens is 1. The zero-order valence-corrected chi connectivity index (χ0v) is 12.1. The Labute approximate surface area is 119 Å². The molecule has 0 saturated heterocycles. The van der Waals surface area contributed by atoms with Crippen LogP contribution in [0.3, 0.4) is 0 Å². The second kappa shape index (κ2) is 5.46. The molecule has 0 spiro atoms. The van der Waals surface area contributed by atoms with E-state index in [9.17, 15) is 0 Å². The van der Waals surface area contributed by atoms with Crippen molar-refractivity contribution in [1.29, 1.82) is 0 Å². The van der Waals surface area contributed by atoms with Crippen molar-refractivity contribution in [1.82, 2.24) is 4.98 Å². The zero-order chi connectivity index (χ0) is 13.1. The number of nitrogens with two attached hydrogens (primary N) is 1. The van der Waals surface area contributed by atoms with E-state index in [-0.39, 0.29) is 0 Å². The average Bonchev–Trinajstić information content (AvgIpc) is 2.34. The van der Waals surface area contributed by atoms with Gasteiger partial charge in [-0.15, -0.1) is 0 Å². The second-order valence-electron chi connectivity index (χ2n) is 3.76. The molecule has 0 aliphatic heterocycles. The third-order valence-corrected chi connectivity index (χ3v) is 3.50. The summed E-state index contributed by atoms with van der Waals surface area (Å²) in [6.45, 7) is 2.00. The average molecular weight is 323 g/mol. The fraction of sp³-hybridized carbons (Fsp3) is 0.0769. The number of aryl methyl sites for hydroxylation is 1. The van der Waals surface area contributed by atoms with Crippen LogP contribution in [0.2, 0.25) is 0 Å². The highest BCUT2D eigenvalue weighted by Gasteiger charge is 2.03. The lowest BCUT2D eigenvalue weighted by molar-refractivity contribution is 0.462. The Hall–Kier alpha value is -1.46. The monoisotopic (exact) mass is 322 g/mol. The predicted octanol–water partition coefficient (Wildman–Crippen LogP) is 3.58. The lowest BCUT2D eigenvalue weighted by Crippen LogP contribution is -2.09. The molecule has 0 aliphatic carbocycles. The summed E-state index contributed by atoms with van der Waals surface area (Å²) in [6.07, 6.45) is 1.62. The molecule has 0 aliphatic rings. The van der Waals surface area contributed by atoms with Crippen molar-refractivity contribution in [2.24, 2.45) is 5.73 Å². The summed E-state index contributed by atoms with van der Waals surface area (Å²) in [5.74, 6) is 1.20. The Kier molecular flexibility index (Phi) is 3.93. The normalized spacial score (nSPS) is 10.1. The molecule has 1 heterocycles. The van der Waals surface area contributed by atoms with E-state index in [1.165, 1.54) is 0 Å². The highest BCUT2D eigenvalue weighted by Crippen LogP contribution is 2.25. The number of hydrogen-bond donors (Lipinski definition) is 1. The van der Waals surface area contributed by atoms with E-state index in [1.54, 1.807) is 18.3 Å². The molecule has 0 radical (unpaired) electrons. The topological polar surface area (TPSA) is 48.1 Å². The minimum Gasteiger partial charge on any atom is -0.439 e. The van der Waals surface area contributed by atoms with Gasteiger partial charge in [0, 0.05) is 22.3 Å². The van der Waals surface area contributed by atoms with Crippen LogP contribution >= 0.6 is 28.1 Å². The second-order valence-corrected chi connectivity index (χ2v) is 5.05. The molecule has 1 aromatic heterocycles. The van der Waals surface area contributed by atoms with Gasteiger partial charge in [-0.2, -0.15) is 0 Å². The minimum atomic E-state index is 0.328. The first-order chi connectivity index (χ1) is 8.56. The van der Waals surface area contributed by atoms with Gasteiger partial charge in [0.2, 0.25) is 5.88 Å². The van der Waals surface area contributed by atoms with Crippen molar-refractivity contribution in [3.63, 3.8) is 0 Å². The van der Waals surface area contributed by atoms with Crippen LogP contribution in [-0.4, -0.2) is 9.97 Å². The van der Waals surface area contributed by atoms with Crippen LogP contribution in [0.5, 0.6) is 11.6 Å². The molecule has 3 nitrogen and oxygen atoms in total. The quantitative estimate of drug-likeness (QED) is 0.877. The molecule has 0 saturated carbocycles. The van der Waals surface area contributed by atoms with E-state index in [1.807, 2.05) is 25.1 Å². The minimum absolute atomic E-state index is 0.328. The Balaban J connectivity index is 2.25. The first-order valence-electron chi connectivity index (χ1n) is 5.26. The van der Waals surface area contributed by atoms with Gasteiger partial charge in [0.05, 0.1) is 0 Å². The maximum Gasteiger partial charge on any atom is 0.219 e. The molecular weight excluding hydrogens is 312 g/mol. The number of hydrogen-bond acceptors (Lipinski definition) is 3. The molecule has 0 atom stereocenters. The lowest BCUT2D eigenvalue weighted by atomic mass is 10.2. The van der Waals surface area contributed by atoms with E-state index < -0.39 is 0 Å². The fourth-order valence-corrected chi connectivity index (χ4v) is 1.79.